The minimum absolute atomic E-state index is 0.0284. The van der Waals surface area contributed by atoms with Crippen LogP contribution < -0.4 is 4.74 Å². The van der Waals surface area contributed by atoms with Crippen molar-refractivity contribution in [3.63, 3.8) is 0 Å². The van der Waals surface area contributed by atoms with Crippen LogP contribution in [0.15, 0.2) is 16.6 Å². The molecule has 0 aromatic heterocycles. The molecule has 1 aromatic carbocycles. The maximum Gasteiger partial charge on any atom is 0.141 e. The van der Waals surface area contributed by atoms with Crippen LogP contribution in [0.2, 0.25) is 0 Å². The third kappa shape index (κ3) is 2.58. The van der Waals surface area contributed by atoms with Gasteiger partial charge >= 0.3 is 0 Å². The molecule has 2 atom stereocenters. The lowest BCUT2D eigenvalue weighted by Crippen LogP contribution is -2.28. The highest BCUT2D eigenvalue weighted by Gasteiger charge is 2.39. The fourth-order valence-electron chi connectivity index (χ4n) is 2.25. The molecule has 5 heteroatoms. The van der Waals surface area contributed by atoms with Crippen molar-refractivity contribution in [3.8, 4) is 5.75 Å². The largest absolute Gasteiger partial charge is 0.496 e. The summed E-state index contributed by atoms with van der Waals surface area (Å²) >= 11 is 6.88. The van der Waals surface area contributed by atoms with Crippen LogP contribution in [0.3, 0.4) is 0 Å². The van der Waals surface area contributed by atoms with Crippen LogP contribution in [-0.4, -0.2) is 19.3 Å². The van der Waals surface area contributed by atoms with E-state index in [1.165, 1.54) is 6.07 Å². The molecule has 0 N–H and O–H groups in total. The lowest BCUT2D eigenvalue weighted by atomic mass is 9.93. The first-order valence-corrected chi connectivity index (χ1v) is 7.50. The van der Waals surface area contributed by atoms with Crippen molar-refractivity contribution < 1.29 is 13.9 Å². The molecule has 2 unspecified atom stereocenters. The highest BCUT2D eigenvalue weighted by Crippen LogP contribution is 2.46. The Bertz CT molecular complexity index is 445. The summed E-state index contributed by atoms with van der Waals surface area (Å²) in [5.74, 6) is 0.210. The highest BCUT2D eigenvalue weighted by atomic mass is 79.9. The van der Waals surface area contributed by atoms with Gasteiger partial charge in [-0.3, -0.25) is 0 Å². The first-order chi connectivity index (χ1) is 8.48. The van der Waals surface area contributed by atoms with Crippen LogP contribution in [0.25, 0.3) is 0 Å². The molecule has 1 saturated heterocycles. The van der Waals surface area contributed by atoms with Gasteiger partial charge in [-0.15, -0.1) is 0 Å². The van der Waals surface area contributed by atoms with Gasteiger partial charge in [0.15, 0.2) is 0 Å². The molecule has 0 bridgehead atoms. The number of alkyl halides is 1. The normalized spacial score (nSPS) is 25.2. The zero-order valence-electron chi connectivity index (χ0n) is 10.3. The average molecular weight is 382 g/mol. The van der Waals surface area contributed by atoms with E-state index >= 15 is 0 Å². The Balaban J connectivity index is 2.40. The summed E-state index contributed by atoms with van der Waals surface area (Å²) in [7, 11) is 1.55. The predicted octanol–water partition coefficient (Wildman–Crippen LogP) is 4.60. The van der Waals surface area contributed by atoms with Crippen LogP contribution in [0.4, 0.5) is 4.39 Å². The maximum absolute atomic E-state index is 13.5. The van der Waals surface area contributed by atoms with Crippen LogP contribution in [-0.2, 0) is 4.74 Å². The predicted molar refractivity (Wildman–Crippen MR) is 75.9 cm³/mol. The first-order valence-electron chi connectivity index (χ1n) is 5.79. The molecular formula is C13H15Br2FO2. The summed E-state index contributed by atoms with van der Waals surface area (Å²) in [5, 5.41) is 0. The summed E-state index contributed by atoms with van der Waals surface area (Å²) in [5.41, 5.74) is 0.625. The topological polar surface area (TPSA) is 18.5 Å². The second-order valence-corrected chi connectivity index (χ2v) is 6.41. The van der Waals surface area contributed by atoms with Crippen molar-refractivity contribution in [1.29, 1.82) is 0 Å². The standard InChI is InChI=1S/C13H15Br2FO2/c1-13(4-3-5-18-13)12(15)8-6-9(14)10(16)7-11(8)17-2/h6-7,12H,3-5H2,1-2H3. The summed E-state index contributed by atoms with van der Waals surface area (Å²) < 4.78 is 25.0. The summed E-state index contributed by atoms with van der Waals surface area (Å²) in [6.07, 6.45) is 2.02. The van der Waals surface area contributed by atoms with Crippen LogP contribution >= 0.6 is 31.9 Å². The number of rotatable bonds is 3. The van der Waals surface area contributed by atoms with Gasteiger partial charge in [-0.05, 0) is 41.8 Å². The van der Waals surface area contributed by atoms with Gasteiger partial charge in [0.05, 0.1) is 22.0 Å². The zero-order valence-corrected chi connectivity index (χ0v) is 13.5. The molecule has 0 radical (unpaired) electrons. The molecular weight excluding hydrogens is 367 g/mol. The third-order valence-electron chi connectivity index (χ3n) is 3.33. The number of hydrogen-bond donors (Lipinski definition) is 0. The van der Waals surface area contributed by atoms with Gasteiger partial charge in [0.25, 0.3) is 0 Å². The molecule has 0 spiro atoms. The molecule has 0 aliphatic carbocycles. The number of halogens is 3. The van der Waals surface area contributed by atoms with E-state index < -0.39 is 0 Å². The van der Waals surface area contributed by atoms with E-state index in [0.29, 0.717) is 10.2 Å². The molecule has 2 rings (SSSR count). The quantitative estimate of drug-likeness (QED) is 0.712. The van der Waals surface area contributed by atoms with Gasteiger partial charge in [-0.1, -0.05) is 15.9 Å². The molecule has 100 valence electrons. The van der Waals surface area contributed by atoms with Crippen molar-refractivity contribution in [2.75, 3.05) is 13.7 Å². The van der Waals surface area contributed by atoms with Crippen molar-refractivity contribution in [2.45, 2.75) is 30.2 Å². The Morgan fingerprint density at radius 1 is 1.50 bits per heavy atom. The van der Waals surface area contributed by atoms with E-state index in [2.05, 4.69) is 38.8 Å². The van der Waals surface area contributed by atoms with Crippen LogP contribution in [0.1, 0.15) is 30.2 Å². The number of hydrogen-bond acceptors (Lipinski definition) is 2. The first kappa shape index (κ1) is 14.3. The molecule has 18 heavy (non-hydrogen) atoms. The van der Waals surface area contributed by atoms with Gasteiger partial charge < -0.3 is 9.47 Å². The van der Waals surface area contributed by atoms with E-state index in [1.807, 2.05) is 0 Å². The lowest BCUT2D eigenvalue weighted by Gasteiger charge is -2.30. The maximum atomic E-state index is 13.5. The summed E-state index contributed by atoms with van der Waals surface area (Å²) in [6, 6.07) is 3.15. The van der Waals surface area contributed by atoms with Gasteiger partial charge in [-0.2, -0.15) is 0 Å². The van der Waals surface area contributed by atoms with Gasteiger partial charge in [0.2, 0.25) is 0 Å². The molecule has 2 nitrogen and oxygen atoms in total. The minimum atomic E-state index is -0.326. The van der Waals surface area contributed by atoms with Crippen molar-refractivity contribution in [2.24, 2.45) is 0 Å². The molecule has 1 fully saturated rings. The number of ether oxygens (including phenoxy) is 2. The highest BCUT2D eigenvalue weighted by molar-refractivity contribution is 9.10. The van der Waals surface area contributed by atoms with E-state index in [4.69, 9.17) is 9.47 Å². The van der Waals surface area contributed by atoms with E-state index in [-0.39, 0.29) is 16.2 Å². The Morgan fingerprint density at radius 2 is 2.22 bits per heavy atom. The molecule has 1 aliphatic rings. The van der Waals surface area contributed by atoms with E-state index in [1.54, 1.807) is 13.2 Å². The van der Waals surface area contributed by atoms with Gasteiger partial charge in [0, 0.05) is 18.2 Å². The van der Waals surface area contributed by atoms with Crippen molar-refractivity contribution >= 4 is 31.9 Å². The monoisotopic (exact) mass is 380 g/mol. The molecule has 0 saturated carbocycles. The minimum Gasteiger partial charge on any atom is -0.496 e. The molecule has 1 aromatic rings. The van der Waals surface area contributed by atoms with E-state index in [0.717, 1.165) is 25.0 Å². The van der Waals surface area contributed by atoms with Gasteiger partial charge in [0.1, 0.15) is 11.6 Å². The SMILES string of the molecule is COc1cc(F)c(Br)cc1C(Br)C1(C)CCCO1. The Hall–Kier alpha value is -0.130. The summed E-state index contributed by atoms with van der Waals surface area (Å²) in [6.45, 7) is 2.83. The Kier molecular flexibility index (Phi) is 4.34. The van der Waals surface area contributed by atoms with Crippen molar-refractivity contribution in [3.05, 3.63) is 28.0 Å². The Morgan fingerprint density at radius 3 is 2.78 bits per heavy atom. The van der Waals surface area contributed by atoms with Crippen LogP contribution in [0.5, 0.6) is 5.75 Å². The second kappa shape index (κ2) is 5.47. The fraction of sp³-hybridized carbons (Fsp3) is 0.538. The van der Waals surface area contributed by atoms with Gasteiger partial charge in [-0.25, -0.2) is 4.39 Å². The number of benzene rings is 1. The Labute approximate surface area is 123 Å². The fourth-order valence-corrected chi connectivity index (χ4v) is 3.33. The van der Waals surface area contributed by atoms with Crippen molar-refractivity contribution in [1.82, 2.24) is 0 Å². The molecule has 1 aliphatic heterocycles. The molecule has 1 heterocycles. The van der Waals surface area contributed by atoms with E-state index in [9.17, 15) is 4.39 Å². The lowest BCUT2D eigenvalue weighted by molar-refractivity contribution is 0.0193. The molecule has 0 amide bonds. The zero-order chi connectivity index (χ0) is 13.3. The third-order valence-corrected chi connectivity index (χ3v) is 5.40. The smallest absolute Gasteiger partial charge is 0.141 e. The van der Waals surface area contributed by atoms with Crippen LogP contribution in [0, 0.1) is 5.82 Å². The number of methoxy groups -OCH3 is 1. The summed E-state index contributed by atoms with van der Waals surface area (Å²) in [4.78, 5) is -0.0284. The average Bonchev–Trinajstić information content (AvgIpc) is 2.79. The second-order valence-electron chi connectivity index (χ2n) is 4.64.